The van der Waals surface area contributed by atoms with E-state index in [0.717, 1.165) is 22.6 Å². The van der Waals surface area contributed by atoms with Crippen LogP contribution in [-0.2, 0) is 0 Å². The maximum atomic E-state index is 12.0. The molecule has 2 heterocycles. The van der Waals surface area contributed by atoms with Crippen LogP contribution in [0.4, 0.5) is 0 Å². The molecule has 5 nitrogen and oxygen atoms in total. The lowest BCUT2D eigenvalue weighted by Crippen LogP contribution is -2.17. The average molecular weight is 458 g/mol. The fourth-order valence-corrected chi connectivity index (χ4v) is 3.14. The number of amides is 1. The smallest absolute Gasteiger partial charge is 0.272 e. The Hall–Kier alpha value is -2.48. The summed E-state index contributed by atoms with van der Waals surface area (Å²) in [5.74, 6) is -0.281. The molecule has 1 N–H and O–H groups in total. The topological polar surface area (TPSA) is 59.3 Å². The first kappa shape index (κ1) is 18.3. The van der Waals surface area contributed by atoms with E-state index in [9.17, 15) is 4.79 Å². The molecule has 0 saturated carbocycles. The number of hydrogen-bond donors (Lipinski definition) is 1. The Morgan fingerprint density at radius 2 is 2.04 bits per heavy atom. The predicted molar refractivity (Wildman–Crippen MR) is 112 cm³/mol. The van der Waals surface area contributed by atoms with E-state index in [1.54, 1.807) is 24.5 Å². The molecule has 0 radical (unpaired) electrons. The van der Waals surface area contributed by atoms with Crippen LogP contribution < -0.4 is 5.43 Å². The number of pyridine rings is 1. The van der Waals surface area contributed by atoms with Crippen molar-refractivity contribution in [3.05, 3.63) is 80.4 Å². The minimum absolute atomic E-state index is 0.281. The summed E-state index contributed by atoms with van der Waals surface area (Å²) in [7, 11) is 0. The highest BCUT2D eigenvalue weighted by Gasteiger charge is 2.10. The van der Waals surface area contributed by atoms with Crippen molar-refractivity contribution in [3.8, 4) is 5.69 Å². The van der Waals surface area contributed by atoms with Crippen molar-refractivity contribution in [2.24, 2.45) is 5.10 Å². The monoisotopic (exact) mass is 458 g/mol. The van der Waals surface area contributed by atoms with Crippen molar-refractivity contribution in [1.29, 1.82) is 0 Å². The van der Waals surface area contributed by atoms with Gasteiger partial charge in [-0.05, 0) is 85.3 Å². The molecular weight excluding hydrogens is 439 g/mol. The fraction of sp³-hybridized carbons (Fsp3) is 0.150. The van der Waals surface area contributed by atoms with E-state index in [1.807, 2.05) is 6.92 Å². The second-order valence-electron chi connectivity index (χ2n) is 6.04. The third-order valence-corrected chi connectivity index (χ3v) is 5.37. The first-order chi connectivity index (χ1) is 12.5. The molecule has 2 aromatic heterocycles. The molecule has 1 aromatic carbocycles. The number of halogens is 1. The largest absolute Gasteiger partial charge is 0.318 e. The van der Waals surface area contributed by atoms with E-state index >= 15 is 0 Å². The Kier molecular flexibility index (Phi) is 5.51. The van der Waals surface area contributed by atoms with E-state index in [-0.39, 0.29) is 5.91 Å². The summed E-state index contributed by atoms with van der Waals surface area (Å²) in [4.78, 5) is 15.9. The molecule has 0 saturated heterocycles. The minimum Gasteiger partial charge on any atom is -0.318 e. The zero-order valence-corrected chi connectivity index (χ0v) is 17.0. The van der Waals surface area contributed by atoms with Crippen molar-refractivity contribution in [2.45, 2.75) is 20.8 Å². The third-order valence-electron chi connectivity index (χ3n) is 4.16. The molecule has 0 fully saturated rings. The molecule has 26 heavy (non-hydrogen) atoms. The summed E-state index contributed by atoms with van der Waals surface area (Å²) in [6.45, 7) is 6.21. The normalized spacial score (nSPS) is 11.1. The summed E-state index contributed by atoms with van der Waals surface area (Å²) in [5.41, 5.74) is 8.53. The van der Waals surface area contributed by atoms with Gasteiger partial charge in [0, 0.05) is 38.6 Å². The fourth-order valence-electron chi connectivity index (χ4n) is 2.81. The molecule has 0 bridgehead atoms. The maximum absolute atomic E-state index is 12.0. The van der Waals surface area contributed by atoms with Crippen LogP contribution in [0.3, 0.4) is 0 Å². The van der Waals surface area contributed by atoms with Gasteiger partial charge in [0.05, 0.1) is 11.8 Å². The molecule has 3 aromatic rings. The number of hydrogen-bond acceptors (Lipinski definition) is 3. The second kappa shape index (κ2) is 7.82. The van der Waals surface area contributed by atoms with E-state index in [1.165, 1.54) is 15.3 Å². The van der Waals surface area contributed by atoms with E-state index in [2.05, 4.69) is 80.8 Å². The lowest BCUT2D eigenvalue weighted by atomic mass is 10.2. The molecule has 132 valence electrons. The molecule has 6 heteroatoms. The molecule has 0 aliphatic heterocycles. The number of hydrazone groups is 1. The van der Waals surface area contributed by atoms with Crippen molar-refractivity contribution < 1.29 is 4.79 Å². The van der Waals surface area contributed by atoms with Gasteiger partial charge < -0.3 is 4.57 Å². The minimum atomic E-state index is -0.281. The van der Waals surface area contributed by atoms with Gasteiger partial charge in [-0.1, -0.05) is 0 Å². The Labute approximate surface area is 166 Å². The van der Waals surface area contributed by atoms with Crippen molar-refractivity contribution in [2.75, 3.05) is 0 Å². The van der Waals surface area contributed by atoms with Gasteiger partial charge >= 0.3 is 0 Å². The highest BCUT2D eigenvalue weighted by Crippen LogP contribution is 2.22. The lowest BCUT2D eigenvalue weighted by molar-refractivity contribution is 0.0955. The van der Waals surface area contributed by atoms with Crippen LogP contribution in [-0.4, -0.2) is 21.7 Å². The van der Waals surface area contributed by atoms with Crippen LogP contribution in [0.2, 0.25) is 0 Å². The van der Waals surface area contributed by atoms with Crippen LogP contribution in [0.25, 0.3) is 5.69 Å². The summed E-state index contributed by atoms with van der Waals surface area (Å²) >= 11 is 2.34. The number of carbonyl (C=O) groups excluding carboxylic acids is 1. The number of nitrogens with one attached hydrogen (secondary N) is 1. The number of aromatic nitrogens is 2. The first-order valence-corrected chi connectivity index (χ1v) is 9.24. The van der Waals surface area contributed by atoms with Crippen molar-refractivity contribution >= 4 is 34.7 Å². The van der Waals surface area contributed by atoms with Gasteiger partial charge in [0.1, 0.15) is 0 Å². The maximum Gasteiger partial charge on any atom is 0.272 e. The number of benzene rings is 1. The van der Waals surface area contributed by atoms with Gasteiger partial charge in [0.2, 0.25) is 0 Å². The quantitative estimate of drug-likeness (QED) is 0.363. The van der Waals surface area contributed by atoms with E-state index in [0.29, 0.717) is 5.56 Å². The van der Waals surface area contributed by atoms with Crippen LogP contribution in [0.1, 0.15) is 32.9 Å². The zero-order valence-electron chi connectivity index (χ0n) is 14.8. The van der Waals surface area contributed by atoms with Crippen molar-refractivity contribution in [3.63, 3.8) is 0 Å². The zero-order chi connectivity index (χ0) is 18.7. The molecule has 0 aliphatic rings. The van der Waals surface area contributed by atoms with Crippen LogP contribution in [0, 0.1) is 24.3 Å². The third kappa shape index (κ3) is 3.85. The first-order valence-electron chi connectivity index (χ1n) is 8.16. The van der Waals surface area contributed by atoms with Crippen molar-refractivity contribution in [1.82, 2.24) is 15.0 Å². The van der Waals surface area contributed by atoms with E-state index < -0.39 is 0 Å². The van der Waals surface area contributed by atoms with Gasteiger partial charge in [-0.25, -0.2) is 5.43 Å². The standard InChI is InChI=1S/C20H19IN4O/c1-13-9-18(6-7-19(13)21)25-14(2)10-17(15(25)3)12-23-24-20(26)16-5-4-8-22-11-16/h4-12H,1-3H3,(H,24,26)/b23-12-. The average Bonchev–Trinajstić information content (AvgIpc) is 2.92. The summed E-state index contributed by atoms with van der Waals surface area (Å²) in [6, 6.07) is 11.9. The van der Waals surface area contributed by atoms with Crippen LogP contribution in [0.5, 0.6) is 0 Å². The summed E-state index contributed by atoms with van der Waals surface area (Å²) in [5, 5.41) is 4.09. The predicted octanol–water partition coefficient (Wildman–Crippen LogP) is 4.17. The second-order valence-corrected chi connectivity index (χ2v) is 7.20. The number of carbonyl (C=O) groups is 1. The van der Waals surface area contributed by atoms with E-state index in [4.69, 9.17) is 0 Å². The Morgan fingerprint density at radius 3 is 2.73 bits per heavy atom. The van der Waals surface area contributed by atoms with Gasteiger partial charge in [0.15, 0.2) is 0 Å². The highest BCUT2D eigenvalue weighted by molar-refractivity contribution is 14.1. The Bertz CT molecular complexity index is 977. The van der Waals surface area contributed by atoms with Crippen LogP contribution >= 0.6 is 22.6 Å². The molecule has 0 aliphatic carbocycles. The van der Waals surface area contributed by atoms with Gasteiger partial charge in [-0.15, -0.1) is 0 Å². The number of aryl methyl sites for hydroxylation is 2. The Morgan fingerprint density at radius 1 is 1.23 bits per heavy atom. The van der Waals surface area contributed by atoms with Gasteiger partial charge in [0.25, 0.3) is 5.91 Å². The molecular formula is C20H19IN4O. The molecule has 0 spiro atoms. The van der Waals surface area contributed by atoms with Gasteiger partial charge in [-0.2, -0.15) is 5.10 Å². The van der Waals surface area contributed by atoms with Gasteiger partial charge in [-0.3, -0.25) is 9.78 Å². The highest BCUT2D eigenvalue weighted by atomic mass is 127. The SMILES string of the molecule is Cc1cc(-n2c(C)cc(/C=N\NC(=O)c3cccnc3)c2C)ccc1I. The molecule has 0 unspecified atom stereocenters. The molecule has 0 atom stereocenters. The number of nitrogens with zero attached hydrogens (tertiary/aromatic N) is 3. The summed E-state index contributed by atoms with van der Waals surface area (Å²) in [6.07, 6.45) is 4.81. The molecule has 3 rings (SSSR count). The van der Waals surface area contributed by atoms with Crippen LogP contribution in [0.15, 0.2) is 53.9 Å². The summed E-state index contributed by atoms with van der Waals surface area (Å²) < 4.78 is 3.43. The number of rotatable bonds is 4. The molecule has 1 amide bonds. The Balaban J connectivity index is 1.81. The lowest BCUT2D eigenvalue weighted by Gasteiger charge is -2.11.